The van der Waals surface area contributed by atoms with Crippen molar-refractivity contribution in [1.29, 1.82) is 0 Å². The molecule has 0 bridgehead atoms. The van der Waals surface area contributed by atoms with Crippen LogP contribution in [0.3, 0.4) is 0 Å². The second-order valence-corrected chi connectivity index (χ2v) is 8.62. The van der Waals surface area contributed by atoms with Crippen LogP contribution in [0.1, 0.15) is 62.5 Å². The molecule has 0 radical (unpaired) electrons. The zero-order chi connectivity index (χ0) is 23.0. The van der Waals surface area contributed by atoms with Gasteiger partial charge in [-0.3, -0.25) is 14.4 Å². The second kappa shape index (κ2) is 11.2. The Morgan fingerprint density at radius 2 is 1.79 bits per heavy atom. The molecular formula is C24H31N3O6. The maximum Gasteiger partial charge on any atom is 0.313 e. The van der Waals surface area contributed by atoms with E-state index in [0.29, 0.717) is 12.4 Å². The Morgan fingerprint density at radius 3 is 2.45 bits per heavy atom. The molecule has 9 nitrogen and oxygen atoms in total. The van der Waals surface area contributed by atoms with Crippen molar-refractivity contribution >= 4 is 17.7 Å². The van der Waals surface area contributed by atoms with Gasteiger partial charge in [0.25, 0.3) is 5.91 Å². The maximum absolute atomic E-state index is 13.4. The summed E-state index contributed by atoms with van der Waals surface area (Å²) in [4.78, 5) is 40.9. The monoisotopic (exact) mass is 457 g/mol. The van der Waals surface area contributed by atoms with Gasteiger partial charge in [0.1, 0.15) is 11.5 Å². The smallest absolute Gasteiger partial charge is 0.313 e. The molecule has 2 aromatic heterocycles. The first-order chi connectivity index (χ1) is 16.1. The Bertz CT molecular complexity index is 899. The number of carbonyl (C=O) groups excluding carboxylic acids is 3. The van der Waals surface area contributed by atoms with Crippen molar-refractivity contribution in [2.24, 2.45) is 0 Å². The number of amides is 3. The van der Waals surface area contributed by atoms with Gasteiger partial charge in [0.2, 0.25) is 0 Å². The zero-order valence-electron chi connectivity index (χ0n) is 18.7. The molecule has 2 aliphatic rings. The Balaban J connectivity index is 1.54. The van der Waals surface area contributed by atoms with Crippen molar-refractivity contribution in [2.75, 3.05) is 13.2 Å². The number of carbonyl (C=O) groups is 3. The van der Waals surface area contributed by atoms with Crippen molar-refractivity contribution in [3.63, 3.8) is 0 Å². The number of hydrogen-bond donors (Lipinski definition) is 2. The van der Waals surface area contributed by atoms with Gasteiger partial charge in [-0.25, -0.2) is 0 Å². The molecule has 178 valence electrons. The average molecular weight is 458 g/mol. The average Bonchev–Trinajstić information content (AvgIpc) is 3.62. The molecule has 2 atom stereocenters. The summed E-state index contributed by atoms with van der Waals surface area (Å²) < 4.78 is 16.5. The lowest BCUT2D eigenvalue weighted by molar-refractivity contribution is -0.152. The highest BCUT2D eigenvalue weighted by atomic mass is 16.5. The first kappa shape index (κ1) is 23.1. The summed E-state index contributed by atoms with van der Waals surface area (Å²) in [6.45, 7) is 0.868. The van der Waals surface area contributed by atoms with Crippen molar-refractivity contribution in [3.8, 4) is 0 Å². The van der Waals surface area contributed by atoms with Crippen LogP contribution in [-0.2, 0) is 25.7 Å². The summed E-state index contributed by atoms with van der Waals surface area (Å²) in [5.41, 5.74) is 0. The van der Waals surface area contributed by atoms with E-state index in [1.54, 1.807) is 24.3 Å². The van der Waals surface area contributed by atoms with E-state index in [1.807, 2.05) is 0 Å². The standard InChI is InChI=1S/C24H31N3O6/c28-22(25-15-18-9-4-12-31-18)21(20-11-6-14-33-20)27(16-19-10-5-13-32-19)24(30)23(29)26-17-7-2-1-3-8-17/h4,6,9,11-12,14,17,19,21H,1-3,5,7-8,10,13,15-16H2,(H,25,28)(H,26,29). The van der Waals surface area contributed by atoms with Crippen LogP contribution in [0.4, 0.5) is 0 Å². The van der Waals surface area contributed by atoms with Gasteiger partial charge in [0, 0.05) is 19.2 Å². The lowest BCUT2D eigenvalue weighted by atomic mass is 9.95. The number of ether oxygens (including phenoxy) is 1. The van der Waals surface area contributed by atoms with E-state index in [4.69, 9.17) is 13.6 Å². The van der Waals surface area contributed by atoms with Crippen molar-refractivity contribution < 1.29 is 28.0 Å². The second-order valence-electron chi connectivity index (χ2n) is 8.62. The van der Waals surface area contributed by atoms with Crippen LogP contribution in [0.2, 0.25) is 0 Å². The van der Waals surface area contributed by atoms with Crippen LogP contribution in [0, 0.1) is 0 Å². The topological polar surface area (TPSA) is 114 Å². The number of hydrogen-bond acceptors (Lipinski definition) is 6. The molecule has 33 heavy (non-hydrogen) atoms. The van der Waals surface area contributed by atoms with Crippen molar-refractivity contribution in [2.45, 2.75) is 69.7 Å². The predicted molar refractivity (Wildman–Crippen MR) is 118 cm³/mol. The SMILES string of the molecule is O=C(NC1CCCCC1)C(=O)N(CC1CCCO1)C(C(=O)NCc1ccco1)c1ccco1. The van der Waals surface area contributed by atoms with Gasteiger partial charge in [-0.15, -0.1) is 0 Å². The van der Waals surface area contributed by atoms with Crippen LogP contribution in [0.5, 0.6) is 0 Å². The third-order valence-electron chi connectivity index (χ3n) is 6.21. The fraction of sp³-hybridized carbons (Fsp3) is 0.542. The molecule has 1 saturated carbocycles. The molecule has 2 fully saturated rings. The summed E-state index contributed by atoms with van der Waals surface area (Å²) in [6, 6.07) is 5.63. The van der Waals surface area contributed by atoms with E-state index < -0.39 is 23.8 Å². The highest BCUT2D eigenvalue weighted by Gasteiger charge is 2.39. The van der Waals surface area contributed by atoms with Crippen molar-refractivity contribution in [3.05, 3.63) is 48.3 Å². The van der Waals surface area contributed by atoms with E-state index in [-0.39, 0.29) is 31.0 Å². The van der Waals surface area contributed by atoms with E-state index in [1.165, 1.54) is 17.4 Å². The van der Waals surface area contributed by atoms with Gasteiger partial charge in [0.05, 0.1) is 25.2 Å². The Morgan fingerprint density at radius 1 is 1.00 bits per heavy atom. The largest absolute Gasteiger partial charge is 0.467 e. The molecule has 1 aliphatic heterocycles. The molecule has 0 spiro atoms. The van der Waals surface area contributed by atoms with Crippen LogP contribution >= 0.6 is 0 Å². The molecule has 2 aromatic rings. The molecule has 0 aromatic carbocycles. The van der Waals surface area contributed by atoms with Crippen molar-refractivity contribution in [1.82, 2.24) is 15.5 Å². The molecular weight excluding hydrogens is 426 g/mol. The first-order valence-corrected chi connectivity index (χ1v) is 11.7. The minimum Gasteiger partial charge on any atom is -0.467 e. The fourth-order valence-corrected chi connectivity index (χ4v) is 4.49. The predicted octanol–water partition coefficient (Wildman–Crippen LogP) is 2.69. The van der Waals surface area contributed by atoms with Gasteiger partial charge in [-0.1, -0.05) is 19.3 Å². The maximum atomic E-state index is 13.4. The summed E-state index contributed by atoms with van der Waals surface area (Å²) in [7, 11) is 0. The summed E-state index contributed by atoms with van der Waals surface area (Å²) in [5.74, 6) is -1.06. The van der Waals surface area contributed by atoms with Crippen LogP contribution in [0.15, 0.2) is 45.6 Å². The van der Waals surface area contributed by atoms with E-state index >= 15 is 0 Å². The lowest BCUT2D eigenvalue weighted by Gasteiger charge is -2.32. The minimum absolute atomic E-state index is 0.0189. The number of nitrogens with one attached hydrogen (secondary N) is 2. The van der Waals surface area contributed by atoms with Gasteiger partial charge < -0.3 is 29.1 Å². The Kier molecular flexibility index (Phi) is 7.83. The van der Waals surface area contributed by atoms with Crippen LogP contribution in [-0.4, -0.2) is 47.9 Å². The number of furan rings is 2. The van der Waals surface area contributed by atoms with Crippen LogP contribution in [0.25, 0.3) is 0 Å². The zero-order valence-corrected chi connectivity index (χ0v) is 18.7. The molecule has 1 saturated heterocycles. The lowest BCUT2D eigenvalue weighted by Crippen LogP contribution is -2.52. The quantitative estimate of drug-likeness (QED) is 0.589. The molecule has 1 aliphatic carbocycles. The van der Waals surface area contributed by atoms with Gasteiger partial charge in [-0.2, -0.15) is 0 Å². The third kappa shape index (κ3) is 6.04. The van der Waals surface area contributed by atoms with Gasteiger partial charge >= 0.3 is 11.8 Å². The molecule has 2 unspecified atom stereocenters. The Labute approximate surface area is 192 Å². The normalized spacial score (nSPS) is 19.7. The van der Waals surface area contributed by atoms with Crippen LogP contribution < -0.4 is 10.6 Å². The summed E-state index contributed by atoms with van der Waals surface area (Å²) in [5, 5.41) is 5.66. The highest BCUT2D eigenvalue weighted by Crippen LogP contribution is 2.26. The molecule has 4 rings (SSSR count). The highest BCUT2D eigenvalue weighted by molar-refractivity contribution is 6.35. The Hall–Kier alpha value is -3.07. The van der Waals surface area contributed by atoms with Gasteiger partial charge in [0.15, 0.2) is 6.04 Å². The third-order valence-corrected chi connectivity index (χ3v) is 6.21. The fourth-order valence-electron chi connectivity index (χ4n) is 4.49. The number of nitrogens with zero attached hydrogens (tertiary/aromatic N) is 1. The molecule has 3 amide bonds. The van der Waals surface area contributed by atoms with Gasteiger partial charge in [-0.05, 0) is 49.9 Å². The molecule has 3 heterocycles. The summed E-state index contributed by atoms with van der Waals surface area (Å²) in [6.07, 6.45) is 9.27. The van der Waals surface area contributed by atoms with E-state index in [9.17, 15) is 14.4 Å². The van der Waals surface area contributed by atoms with E-state index in [0.717, 1.165) is 44.9 Å². The molecule has 9 heteroatoms. The summed E-state index contributed by atoms with van der Waals surface area (Å²) >= 11 is 0. The molecule has 2 N–H and O–H groups in total. The van der Waals surface area contributed by atoms with E-state index in [2.05, 4.69) is 10.6 Å². The minimum atomic E-state index is -1.11. The first-order valence-electron chi connectivity index (χ1n) is 11.7. The number of rotatable bonds is 8.